The van der Waals surface area contributed by atoms with E-state index in [1.54, 1.807) is 0 Å². The molecule has 4 aromatic carbocycles. The molecule has 0 bridgehead atoms. The lowest BCUT2D eigenvalue weighted by Crippen LogP contribution is -2.38. The molecule has 2 aliphatic rings. The molecule has 48 heavy (non-hydrogen) atoms. The lowest BCUT2D eigenvalue weighted by atomic mass is 9.78. The van der Waals surface area contributed by atoms with Crippen LogP contribution in [0.4, 0.5) is 11.4 Å². The molecule has 0 spiro atoms. The minimum atomic E-state index is -0.659. The number of halogens is 2. The average Bonchev–Trinajstić information content (AvgIpc) is 3.24. The van der Waals surface area contributed by atoms with Gasteiger partial charge in [-0.1, -0.05) is 85.4 Å². The van der Waals surface area contributed by atoms with E-state index in [4.69, 9.17) is 32.7 Å². The highest BCUT2D eigenvalue weighted by Gasteiger charge is 2.41. The Morgan fingerprint density at radius 2 is 1.54 bits per heavy atom. The fraction of sp³-hybridized carbons (Fsp3) is 0.300. The quantitative estimate of drug-likeness (QED) is 0.159. The van der Waals surface area contributed by atoms with E-state index >= 15 is 0 Å². The highest BCUT2D eigenvalue weighted by atomic mass is 35.5. The molecule has 0 radical (unpaired) electrons. The molecule has 1 aliphatic heterocycles. The predicted octanol–water partition coefficient (Wildman–Crippen LogP) is 10.5. The van der Waals surface area contributed by atoms with Crippen LogP contribution >= 0.6 is 23.2 Å². The Hall–Kier alpha value is -4.26. The predicted molar refractivity (Wildman–Crippen MR) is 193 cm³/mol. The van der Waals surface area contributed by atoms with Gasteiger partial charge in [-0.2, -0.15) is 0 Å². The van der Waals surface area contributed by atoms with Gasteiger partial charge >= 0.3 is 0 Å². The van der Waals surface area contributed by atoms with E-state index in [0.29, 0.717) is 59.6 Å². The third kappa shape index (κ3) is 7.40. The van der Waals surface area contributed by atoms with E-state index in [9.17, 15) is 9.59 Å². The third-order valence-electron chi connectivity index (χ3n) is 8.98. The number of hydrogen-bond acceptors (Lipinski definition) is 5. The summed E-state index contributed by atoms with van der Waals surface area (Å²) in [4.78, 5) is 30.6. The van der Waals surface area contributed by atoms with E-state index in [-0.39, 0.29) is 17.6 Å². The van der Waals surface area contributed by atoms with Gasteiger partial charge in [-0.25, -0.2) is 0 Å². The number of carbonyl (C=O) groups excluding carboxylic acids is 2. The molecular formula is C40H40Cl2N2O4. The summed E-state index contributed by atoms with van der Waals surface area (Å²) < 4.78 is 12.4. The lowest BCUT2D eigenvalue weighted by molar-refractivity contribution is -0.119. The van der Waals surface area contributed by atoms with Gasteiger partial charge in [0.2, 0.25) is 5.91 Å². The molecule has 6 nitrogen and oxygen atoms in total. The maximum absolute atomic E-state index is 14.4. The summed E-state index contributed by atoms with van der Waals surface area (Å²) in [7, 11) is 0. The molecule has 0 saturated carbocycles. The molecule has 0 saturated heterocycles. The van der Waals surface area contributed by atoms with Crippen molar-refractivity contribution in [3.05, 3.63) is 129 Å². The van der Waals surface area contributed by atoms with Gasteiger partial charge in [0, 0.05) is 34.2 Å². The molecule has 0 fully saturated rings. The molecule has 2 atom stereocenters. The van der Waals surface area contributed by atoms with Crippen molar-refractivity contribution in [3.8, 4) is 11.5 Å². The number of allylic oxidation sites excluding steroid dienone is 1. The fourth-order valence-electron chi connectivity index (χ4n) is 6.62. The molecule has 0 unspecified atom stereocenters. The largest absolute Gasteiger partial charge is 0.490 e. The molecule has 1 amide bonds. The van der Waals surface area contributed by atoms with Crippen LogP contribution in [0.3, 0.4) is 0 Å². The Labute approximate surface area is 292 Å². The number of ether oxygens (including phenoxy) is 2. The van der Waals surface area contributed by atoms with E-state index in [2.05, 4.69) is 12.2 Å². The molecule has 1 N–H and O–H groups in total. The van der Waals surface area contributed by atoms with Crippen molar-refractivity contribution < 1.29 is 19.1 Å². The van der Waals surface area contributed by atoms with Crippen LogP contribution in [0.5, 0.6) is 11.5 Å². The van der Waals surface area contributed by atoms with Gasteiger partial charge in [0.05, 0.1) is 24.0 Å². The minimum absolute atomic E-state index is 0.00823. The van der Waals surface area contributed by atoms with Crippen molar-refractivity contribution in [1.29, 1.82) is 0 Å². The number of Topliss-reactive ketones (excluding diaryl/α,β-unsaturated/α-hetero) is 1. The lowest BCUT2D eigenvalue weighted by Gasteiger charge is -2.35. The molecule has 1 heterocycles. The first-order chi connectivity index (χ1) is 23.4. The molecule has 6 rings (SSSR count). The molecule has 0 aromatic heterocycles. The normalized spacial score (nSPS) is 17.2. The van der Waals surface area contributed by atoms with Crippen LogP contribution < -0.4 is 19.7 Å². The van der Waals surface area contributed by atoms with Gasteiger partial charge < -0.3 is 14.8 Å². The Balaban J connectivity index is 1.45. The van der Waals surface area contributed by atoms with E-state index < -0.39 is 6.04 Å². The number of nitrogens with one attached hydrogen (secondary N) is 1. The number of nitrogens with zero attached hydrogens (tertiary/aromatic N) is 1. The average molecular weight is 684 g/mol. The standard InChI is InChI=1S/C40H40Cl2N2O4/c1-3-5-6-11-38(46)44-34-10-8-7-9-32(34)43-33-22-29(27-14-19-31(42)20-15-27)23-35(45)39(33)40(44)28-16-21-36(37(24-28)47-4-2)48-25-26-12-17-30(41)18-13-26/h7-10,12-21,24,29,40,43H,3-6,11,22-23,25H2,1-2H3/t29-,40-/m1/s1. The second-order valence-corrected chi connectivity index (χ2v) is 13.2. The number of fused-ring (bicyclic) bond motifs is 1. The van der Waals surface area contributed by atoms with Crippen LogP contribution in [-0.2, 0) is 16.2 Å². The minimum Gasteiger partial charge on any atom is -0.490 e. The number of rotatable bonds is 11. The number of hydrogen-bond donors (Lipinski definition) is 1. The van der Waals surface area contributed by atoms with Crippen molar-refractivity contribution in [2.75, 3.05) is 16.8 Å². The second kappa shape index (κ2) is 15.3. The van der Waals surface area contributed by atoms with E-state index in [1.165, 1.54) is 0 Å². The summed E-state index contributed by atoms with van der Waals surface area (Å²) in [5, 5.41) is 4.94. The topological polar surface area (TPSA) is 67.9 Å². The molecule has 248 valence electrons. The highest BCUT2D eigenvalue weighted by Crippen LogP contribution is 2.48. The summed E-state index contributed by atoms with van der Waals surface area (Å²) in [6.45, 7) is 4.80. The Kier molecular flexibility index (Phi) is 10.7. The van der Waals surface area contributed by atoms with Crippen LogP contribution in [0.2, 0.25) is 10.0 Å². The number of amides is 1. The summed E-state index contributed by atoms with van der Waals surface area (Å²) in [5.74, 6) is 1.09. The molecule has 4 aromatic rings. The van der Waals surface area contributed by atoms with Crippen LogP contribution in [-0.4, -0.2) is 18.3 Å². The number of unbranched alkanes of at least 4 members (excludes halogenated alkanes) is 2. The molecular weight excluding hydrogens is 643 g/mol. The Morgan fingerprint density at radius 3 is 2.27 bits per heavy atom. The maximum Gasteiger partial charge on any atom is 0.227 e. The first kappa shape index (κ1) is 33.6. The van der Waals surface area contributed by atoms with Crippen molar-refractivity contribution >= 4 is 46.3 Å². The molecule has 1 aliphatic carbocycles. The Bertz CT molecular complexity index is 1800. The van der Waals surface area contributed by atoms with Gasteiger partial charge in [0.25, 0.3) is 0 Å². The van der Waals surface area contributed by atoms with Crippen LogP contribution in [0, 0.1) is 0 Å². The summed E-state index contributed by atoms with van der Waals surface area (Å²) in [5.41, 5.74) is 5.79. The zero-order chi connectivity index (χ0) is 33.6. The first-order valence-corrected chi connectivity index (χ1v) is 17.5. The monoisotopic (exact) mass is 682 g/mol. The summed E-state index contributed by atoms with van der Waals surface area (Å²) >= 11 is 12.3. The first-order valence-electron chi connectivity index (χ1n) is 16.7. The Morgan fingerprint density at radius 1 is 0.833 bits per heavy atom. The zero-order valence-electron chi connectivity index (χ0n) is 27.3. The van der Waals surface area contributed by atoms with Gasteiger partial charge in [-0.15, -0.1) is 0 Å². The van der Waals surface area contributed by atoms with Crippen molar-refractivity contribution in [2.24, 2.45) is 0 Å². The van der Waals surface area contributed by atoms with Gasteiger partial charge in [0.15, 0.2) is 17.3 Å². The number of anilines is 2. The van der Waals surface area contributed by atoms with Gasteiger partial charge in [0.1, 0.15) is 6.61 Å². The van der Waals surface area contributed by atoms with Crippen LogP contribution in [0.25, 0.3) is 0 Å². The maximum atomic E-state index is 14.4. The van der Waals surface area contributed by atoms with Crippen molar-refractivity contribution in [2.45, 2.75) is 70.9 Å². The van der Waals surface area contributed by atoms with Crippen LogP contribution in [0.1, 0.15) is 81.0 Å². The zero-order valence-corrected chi connectivity index (χ0v) is 28.8. The number of benzene rings is 4. The summed E-state index contributed by atoms with van der Waals surface area (Å²) in [6.07, 6.45) is 4.05. The smallest absolute Gasteiger partial charge is 0.227 e. The van der Waals surface area contributed by atoms with Crippen LogP contribution in [0.15, 0.2) is 102 Å². The second-order valence-electron chi connectivity index (χ2n) is 12.3. The third-order valence-corrected chi connectivity index (χ3v) is 9.49. The van der Waals surface area contributed by atoms with E-state index in [1.807, 2.05) is 103 Å². The SMILES string of the molecule is CCCCCC(=O)N1c2ccccc2NC2=C(C(=O)C[C@H](c3ccc(Cl)cc3)C2)[C@H]1c1ccc(OCc2ccc(Cl)cc2)c(OCC)c1. The van der Waals surface area contributed by atoms with Gasteiger partial charge in [-0.05, 0) is 90.9 Å². The van der Waals surface area contributed by atoms with Crippen molar-refractivity contribution in [3.63, 3.8) is 0 Å². The highest BCUT2D eigenvalue weighted by molar-refractivity contribution is 6.30. The molecule has 8 heteroatoms. The number of carbonyl (C=O) groups is 2. The number of ketones is 1. The number of para-hydroxylation sites is 2. The van der Waals surface area contributed by atoms with Crippen molar-refractivity contribution in [1.82, 2.24) is 0 Å². The summed E-state index contributed by atoms with van der Waals surface area (Å²) in [6, 6.07) is 28.2. The van der Waals surface area contributed by atoms with Gasteiger partial charge in [-0.3, -0.25) is 14.5 Å². The fourth-order valence-corrected chi connectivity index (χ4v) is 6.87. The van der Waals surface area contributed by atoms with E-state index in [0.717, 1.165) is 53.0 Å².